The van der Waals surface area contributed by atoms with Gasteiger partial charge in [0.15, 0.2) is 0 Å². The van der Waals surface area contributed by atoms with Crippen molar-refractivity contribution < 1.29 is 18.3 Å². The van der Waals surface area contributed by atoms with Crippen LogP contribution in [0.5, 0.6) is 5.75 Å². The standard InChI is InChI=1S/C12H15ClF2N2O2/c1-7(16)4-11(18)17-6-8-5-9(13)2-3-10(8)19-12(14)15/h2-3,5,7,12H,4,6,16H2,1H3,(H,17,18). The topological polar surface area (TPSA) is 64.4 Å². The Balaban J connectivity index is 2.70. The van der Waals surface area contributed by atoms with Crippen molar-refractivity contribution in [2.24, 2.45) is 5.73 Å². The number of amides is 1. The third kappa shape index (κ3) is 5.85. The van der Waals surface area contributed by atoms with Gasteiger partial charge in [0.1, 0.15) is 5.75 Å². The smallest absolute Gasteiger partial charge is 0.387 e. The van der Waals surface area contributed by atoms with Gasteiger partial charge in [0, 0.05) is 29.6 Å². The van der Waals surface area contributed by atoms with Gasteiger partial charge in [-0.2, -0.15) is 8.78 Å². The summed E-state index contributed by atoms with van der Waals surface area (Å²) in [5.74, 6) is -0.279. The molecule has 1 rings (SSSR count). The lowest BCUT2D eigenvalue weighted by Gasteiger charge is -2.12. The molecule has 0 bridgehead atoms. The Morgan fingerprint density at radius 1 is 1.53 bits per heavy atom. The maximum Gasteiger partial charge on any atom is 0.387 e. The molecule has 1 unspecified atom stereocenters. The van der Waals surface area contributed by atoms with Crippen molar-refractivity contribution >= 4 is 17.5 Å². The van der Waals surface area contributed by atoms with E-state index in [0.29, 0.717) is 10.6 Å². The van der Waals surface area contributed by atoms with Gasteiger partial charge < -0.3 is 15.8 Å². The number of benzene rings is 1. The van der Waals surface area contributed by atoms with Gasteiger partial charge in [-0.15, -0.1) is 0 Å². The fraction of sp³-hybridized carbons (Fsp3) is 0.417. The van der Waals surface area contributed by atoms with Crippen LogP contribution in [0.1, 0.15) is 18.9 Å². The molecule has 1 atom stereocenters. The second-order valence-corrected chi connectivity index (χ2v) is 4.53. The monoisotopic (exact) mass is 292 g/mol. The zero-order chi connectivity index (χ0) is 14.4. The first-order valence-corrected chi connectivity index (χ1v) is 6.01. The molecule has 1 aromatic rings. The van der Waals surface area contributed by atoms with E-state index in [1.54, 1.807) is 6.92 Å². The Labute approximate surface area is 114 Å². The lowest BCUT2D eigenvalue weighted by Crippen LogP contribution is -2.29. The molecule has 0 aliphatic rings. The number of hydrogen-bond acceptors (Lipinski definition) is 3. The highest BCUT2D eigenvalue weighted by Gasteiger charge is 2.12. The summed E-state index contributed by atoms with van der Waals surface area (Å²) in [5.41, 5.74) is 5.86. The minimum atomic E-state index is -2.93. The van der Waals surface area contributed by atoms with E-state index < -0.39 is 6.61 Å². The average molecular weight is 293 g/mol. The van der Waals surface area contributed by atoms with Gasteiger partial charge in [0.2, 0.25) is 5.91 Å². The second-order valence-electron chi connectivity index (χ2n) is 4.09. The summed E-state index contributed by atoms with van der Waals surface area (Å²) in [5, 5.41) is 2.94. The summed E-state index contributed by atoms with van der Waals surface area (Å²) >= 11 is 5.78. The fourth-order valence-electron chi connectivity index (χ4n) is 1.46. The first kappa shape index (κ1) is 15.7. The molecule has 0 heterocycles. The first-order valence-electron chi connectivity index (χ1n) is 5.64. The molecule has 1 aromatic carbocycles. The Hall–Kier alpha value is -1.40. The molecule has 0 saturated carbocycles. The number of nitrogens with two attached hydrogens (primary N) is 1. The van der Waals surface area contributed by atoms with E-state index >= 15 is 0 Å². The quantitative estimate of drug-likeness (QED) is 0.845. The molecule has 4 nitrogen and oxygen atoms in total. The predicted octanol–water partition coefficient (Wildman–Crippen LogP) is 2.29. The third-order valence-electron chi connectivity index (χ3n) is 2.22. The maximum atomic E-state index is 12.2. The summed E-state index contributed by atoms with van der Waals surface area (Å²) < 4.78 is 28.8. The average Bonchev–Trinajstić information content (AvgIpc) is 2.28. The van der Waals surface area contributed by atoms with Crippen LogP contribution in [-0.4, -0.2) is 18.6 Å². The minimum Gasteiger partial charge on any atom is -0.434 e. The van der Waals surface area contributed by atoms with Crippen molar-refractivity contribution in [3.8, 4) is 5.75 Å². The minimum absolute atomic E-state index is 0.0134. The van der Waals surface area contributed by atoms with Gasteiger partial charge in [0.05, 0.1) is 0 Å². The number of carbonyl (C=O) groups excluding carboxylic acids is 1. The van der Waals surface area contributed by atoms with Gasteiger partial charge in [-0.25, -0.2) is 0 Å². The number of nitrogens with one attached hydrogen (secondary N) is 1. The van der Waals surface area contributed by atoms with E-state index in [2.05, 4.69) is 10.1 Å². The SMILES string of the molecule is CC(N)CC(=O)NCc1cc(Cl)ccc1OC(F)F. The molecule has 0 radical (unpaired) electrons. The molecule has 0 spiro atoms. The Morgan fingerprint density at radius 3 is 2.79 bits per heavy atom. The van der Waals surface area contributed by atoms with Crippen LogP contribution < -0.4 is 15.8 Å². The highest BCUT2D eigenvalue weighted by Crippen LogP contribution is 2.24. The number of rotatable bonds is 6. The number of ether oxygens (including phenoxy) is 1. The highest BCUT2D eigenvalue weighted by atomic mass is 35.5. The van der Waals surface area contributed by atoms with E-state index in [4.69, 9.17) is 17.3 Å². The van der Waals surface area contributed by atoms with Crippen molar-refractivity contribution in [3.63, 3.8) is 0 Å². The van der Waals surface area contributed by atoms with Crippen LogP contribution in [0.25, 0.3) is 0 Å². The molecule has 0 aromatic heterocycles. The van der Waals surface area contributed by atoms with Crippen molar-refractivity contribution in [1.29, 1.82) is 0 Å². The molecular formula is C12H15ClF2N2O2. The second kappa shape index (κ2) is 7.25. The molecule has 0 fully saturated rings. The van der Waals surface area contributed by atoms with Crippen LogP contribution in [0.2, 0.25) is 5.02 Å². The predicted molar refractivity (Wildman–Crippen MR) is 68.2 cm³/mol. The molecule has 106 valence electrons. The summed E-state index contributed by atoms with van der Waals surface area (Å²) in [6.45, 7) is -1.18. The van der Waals surface area contributed by atoms with Crippen LogP contribution in [0.3, 0.4) is 0 Å². The van der Waals surface area contributed by atoms with Crippen molar-refractivity contribution in [1.82, 2.24) is 5.32 Å². The van der Waals surface area contributed by atoms with Gasteiger partial charge >= 0.3 is 6.61 Å². The normalized spacial score (nSPS) is 12.3. The Morgan fingerprint density at radius 2 is 2.21 bits per heavy atom. The summed E-state index contributed by atoms with van der Waals surface area (Å²) in [7, 11) is 0. The molecular weight excluding hydrogens is 278 g/mol. The van der Waals surface area contributed by atoms with Gasteiger partial charge in [-0.3, -0.25) is 4.79 Å². The van der Waals surface area contributed by atoms with Crippen LogP contribution in [0.15, 0.2) is 18.2 Å². The number of carbonyl (C=O) groups is 1. The van der Waals surface area contributed by atoms with Crippen LogP contribution in [-0.2, 0) is 11.3 Å². The van der Waals surface area contributed by atoms with E-state index in [-0.39, 0.29) is 30.7 Å². The zero-order valence-electron chi connectivity index (χ0n) is 10.3. The third-order valence-corrected chi connectivity index (χ3v) is 2.46. The van der Waals surface area contributed by atoms with Crippen LogP contribution >= 0.6 is 11.6 Å². The first-order chi connectivity index (χ1) is 8.88. The Kier molecular flexibility index (Phi) is 5.98. The maximum absolute atomic E-state index is 12.2. The van der Waals surface area contributed by atoms with E-state index in [9.17, 15) is 13.6 Å². The molecule has 19 heavy (non-hydrogen) atoms. The summed E-state index contributed by atoms with van der Waals surface area (Å²) in [6, 6.07) is 3.97. The molecule has 0 aliphatic heterocycles. The van der Waals surface area contributed by atoms with Gasteiger partial charge in [0.25, 0.3) is 0 Å². The summed E-state index contributed by atoms with van der Waals surface area (Å²) in [6.07, 6.45) is 0.158. The largest absolute Gasteiger partial charge is 0.434 e. The van der Waals surface area contributed by atoms with E-state index in [1.807, 2.05) is 0 Å². The fourth-order valence-corrected chi connectivity index (χ4v) is 1.65. The highest BCUT2D eigenvalue weighted by molar-refractivity contribution is 6.30. The van der Waals surface area contributed by atoms with Gasteiger partial charge in [-0.1, -0.05) is 11.6 Å². The van der Waals surface area contributed by atoms with Crippen LogP contribution in [0, 0.1) is 0 Å². The lowest BCUT2D eigenvalue weighted by molar-refractivity contribution is -0.121. The van der Waals surface area contributed by atoms with Crippen molar-refractivity contribution in [2.45, 2.75) is 32.5 Å². The number of halogens is 3. The molecule has 7 heteroatoms. The number of hydrogen-bond donors (Lipinski definition) is 2. The summed E-state index contributed by atoms with van der Waals surface area (Å²) in [4.78, 5) is 11.4. The number of alkyl halides is 2. The Bertz CT molecular complexity index is 442. The molecule has 1 amide bonds. The van der Waals surface area contributed by atoms with E-state index in [0.717, 1.165) is 0 Å². The molecule has 3 N–H and O–H groups in total. The lowest BCUT2D eigenvalue weighted by atomic mass is 10.2. The van der Waals surface area contributed by atoms with Gasteiger partial charge in [-0.05, 0) is 25.1 Å². The van der Waals surface area contributed by atoms with Crippen LogP contribution in [0.4, 0.5) is 8.78 Å². The molecule has 0 aliphatic carbocycles. The van der Waals surface area contributed by atoms with Crippen molar-refractivity contribution in [2.75, 3.05) is 0 Å². The van der Waals surface area contributed by atoms with E-state index in [1.165, 1.54) is 18.2 Å². The van der Waals surface area contributed by atoms with Crippen molar-refractivity contribution in [3.05, 3.63) is 28.8 Å². The zero-order valence-corrected chi connectivity index (χ0v) is 11.1. The molecule has 0 saturated heterocycles.